The van der Waals surface area contributed by atoms with Crippen LogP contribution in [0.3, 0.4) is 0 Å². The highest BCUT2D eigenvalue weighted by Gasteiger charge is 2.23. The van der Waals surface area contributed by atoms with E-state index in [1.165, 1.54) is 0 Å². The van der Waals surface area contributed by atoms with Crippen LogP contribution >= 0.6 is 12.2 Å². The molecule has 0 aromatic carbocycles. The third-order valence-electron chi connectivity index (χ3n) is 3.57. The van der Waals surface area contributed by atoms with Crippen molar-refractivity contribution in [2.45, 2.75) is 33.2 Å². The minimum Gasteiger partial charge on any atom is -0.392 e. The topological polar surface area (TPSA) is 41.7 Å². The summed E-state index contributed by atoms with van der Waals surface area (Å²) in [7, 11) is 0. The van der Waals surface area contributed by atoms with Crippen LogP contribution < -0.4 is 5.73 Å². The number of nitrogens with two attached hydrogens (primary N) is 1. The number of thiocarbonyl (C=S) groups is 1. The van der Waals surface area contributed by atoms with Crippen LogP contribution in [-0.2, 0) is 4.74 Å². The number of piperazine rings is 1. The van der Waals surface area contributed by atoms with Gasteiger partial charge in [-0.05, 0) is 12.3 Å². The van der Waals surface area contributed by atoms with Gasteiger partial charge in [-0.25, -0.2) is 0 Å². The first kappa shape index (κ1) is 16.8. The highest BCUT2D eigenvalue weighted by Crippen LogP contribution is 2.09. The zero-order valence-corrected chi connectivity index (χ0v) is 13.4. The van der Waals surface area contributed by atoms with Crippen LogP contribution in [0.25, 0.3) is 0 Å². The third-order valence-corrected chi connectivity index (χ3v) is 3.84. The Hall–Kier alpha value is -0.230. The lowest BCUT2D eigenvalue weighted by Gasteiger charge is -2.38. The van der Waals surface area contributed by atoms with Crippen LogP contribution in [0.1, 0.15) is 27.2 Å². The Morgan fingerprint density at radius 3 is 2.37 bits per heavy atom. The predicted molar refractivity (Wildman–Crippen MR) is 84.5 cm³/mol. The maximum atomic E-state index is 5.80. The molecule has 1 aliphatic heterocycles. The summed E-state index contributed by atoms with van der Waals surface area (Å²) in [5.41, 5.74) is 5.80. The Balaban J connectivity index is 2.19. The quantitative estimate of drug-likeness (QED) is 0.539. The van der Waals surface area contributed by atoms with Crippen LogP contribution in [0, 0.1) is 5.92 Å². The van der Waals surface area contributed by atoms with Crippen LogP contribution in [0.2, 0.25) is 0 Å². The highest BCUT2D eigenvalue weighted by atomic mass is 32.1. The lowest BCUT2D eigenvalue weighted by molar-refractivity contribution is 0.0601. The maximum Gasteiger partial charge on any atom is 0.0901 e. The molecule has 1 heterocycles. The molecule has 0 bridgehead atoms. The van der Waals surface area contributed by atoms with Gasteiger partial charge in [0.05, 0.1) is 17.6 Å². The smallest absolute Gasteiger partial charge is 0.0901 e. The van der Waals surface area contributed by atoms with Crippen molar-refractivity contribution in [1.29, 1.82) is 0 Å². The number of ether oxygens (including phenoxy) is 1. The molecular weight excluding hydrogens is 258 g/mol. The molecule has 1 aliphatic rings. The fourth-order valence-corrected chi connectivity index (χ4v) is 2.77. The lowest BCUT2D eigenvalue weighted by Crippen LogP contribution is -2.53. The largest absolute Gasteiger partial charge is 0.392 e. The second kappa shape index (κ2) is 8.84. The van der Waals surface area contributed by atoms with Crippen LogP contribution in [0.4, 0.5) is 0 Å². The summed E-state index contributed by atoms with van der Waals surface area (Å²) < 4.78 is 5.64. The van der Waals surface area contributed by atoms with Crippen molar-refractivity contribution in [3.63, 3.8) is 0 Å². The minimum atomic E-state index is 0.273. The highest BCUT2D eigenvalue weighted by molar-refractivity contribution is 7.80. The van der Waals surface area contributed by atoms with E-state index in [1.807, 2.05) is 0 Å². The van der Waals surface area contributed by atoms with E-state index in [0.717, 1.165) is 52.4 Å². The fourth-order valence-electron chi connectivity index (χ4n) is 2.45. The first-order valence-electron chi connectivity index (χ1n) is 7.38. The van der Waals surface area contributed by atoms with Crippen molar-refractivity contribution in [2.75, 3.05) is 45.9 Å². The van der Waals surface area contributed by atoms with Crippen molar-refractivity contribution < 1.29 is 4.74 Å². The second-order valence-electron chi connectivity index (χ2n) is 5.67. The van der Waals surface area contributed by atoms with E-state index in [0.29, 0.717) is 10.9 Å². The van der Waals surface area contributed by atoms with Gasteiger partial charge in [0, 0.05) is 39.3 Å². The molecule has 0 amide bonds. The Labute approximate surface area is 123 Å². The minimum absolute atomic E-state index is 0.273. The van der Waals surface area contributed by atoms with E-state index in [4.69, 9.17) is 22.7 Å². The van der Waals surface area contributed by atoms with Gasteiger partial charge >= 0.3 is 0 Å². The molecular formula is C14H29N3OS. The summed E-state index contributed by atoms with van der Waals surface area (Å²) in [4.78, 5) is 5.51. The second-order valence-corrected chi connectivity index (χ2v) is 6.14. The summed E-state index contributed by atoms with van der Waals surface area (Å²) in [6, 6.07) is 0.273. The molecule has 1 saturated heterocycles. The predicted octanol–water partition coefficient (Wildman–Crippen LogP) is 1.34. The third kappa shape index (κ3) is 6.17. The molecule has 1 atom stereocenters. The first-order valence-corrected chi connectivity index (χ1v) is 7.78. The molecule has 0 spiro atoms. The first-order chi connectivity index (χ1) is 9.04. The number of nitrogens with zero attached hydrogens (tertiary/aromatic N) is 2. The normalized spacial score (nSPS) is 19.8. The molecule has 5 heteroatoms. The van der Waals surface area contributed by atoms with Gasteiger partial charge in [0.25, 0.3) is 0 Å². The Bertz CT molecular complexity index is 265. The van der Waals surface area contributed by atoms with Gasteiger partial charge in [-0.15, -0.1) is 0 Å². The molecule has 0 saturated carbocycles. The van der Waals surface area contributed by atoms with Gasteiger partial charge < -0.3 is 10.5 Å². The van der Waals surface area contributed by atoms with Gasteiger partial charge in [-0.2, -0.15) is 0 Å². The molecule has 19 heavy (non-hydrogen) atoms. The fraction of sp³-hybridized carbons (Fsp3) is 0.929. The summed E-state index contributed by atoms with van der Waals surface area (Å²) in [5, 5.41) is 0. The average molecular weight is 287 g/mol. The van der Waals surface area contributed by atoms with Gasteiger partial charge in [0.2, 0.25) is 0 Å². The van der Waals surface area contributed by atoms with E-state index in [-0.39, 0.29) is 6.04 Å². The van der Waals surface area contributed by atoms with Crippen molar-refractivity contribution in [3.05, 3.63) is 0 Å². The van der Waals surface area contributed by atoms with E-state index in [1.54, 1.807) is 0 Å². The average Bonchev–Trinajstić information content (AvgIpc) is 2.36. The van der Waals surface area contributed by atoms with Gasteiger partial charge in [0.15, 0.2) is 0 Å². The molecule has 0 aromatic heterocycles. The lowest BCUT2D eigenvalue weighted by atomic mass is 10.1. The van der Waals surface area contributed by atoms with Crippen molar-refractivity contribution in [2.24, 2.45) is 11.7 Å². The maximum absolute atomic E-state index is 5.80. The molecule has 1 rings (SSSR count). The zero-order chi connectivity index (χ0) is 14.3. The van der Waals surface area contributed by atoms with Crippen LogP contribution in [0.5, 0.6) is 0 Å². The molecule has 4 nitrogen and oxygen atoms in total. The standard InChI is InChI=1S/C14H29N3OS/c1-4-13(14(15)19)17-7-5-16(6-8-17)9-10-18-11-12(2)3/h12-13H,4-11H2,1-3H3,(H2,15,19). The Morgan fingerprint density at radius 2 is 1.89 bits per heavy atom. The molecule has 1 unspecified atom stereocenters. The van der Waals surface area contributed by atoms with Gasteiger partial charge in [0.1, 0.15) is 0 Å². The molecule has 112 valence electrons. The van der Waals surface area contributed by atoms with Gasteiger partial charge in [-0.1, -0.05) is 33.0 Å². The monoisotopic (exact) mass is 287 g/mol. The summed E-state index contributed by atoms with van der Waals surface area (Å²) in [5.74, 6) is 0.618. The number of hydrogen-bond donors (Lipinski definition) is 1. The molecule has 0 aliphatic carbocycles. The van der Waals surface area contributed by atoms with Crippen molar-refractivity contribution in [3.8, 4) is 0 Å². The summed E-state index contributed by atoms with van der Waals surface area (Å²) in [6.45, 7) is 13.5. The Kier molecular flexibility index (Phi) is 7.83. The number of hydrogen-bond acceptors (Lipinski definition) is 4. The van der Waals surface area contributed by atoms with E-state index < -0.39 is 0 Å². The van der Waals surface area contributed by atoms with Gasteiger partial charge in [-0.3, -0.25) is 9.80 Å². The van der Waals surface area contributed by atoms with Crippen LogP contribution in [-0.4, -0.2) is 66.8 Å². The van der Waals surface area contributed by atoms with E-state index >= 15 is 0 Å². The number of rotatable bonds is 8. The molecule has 0 aromatic rings. The SMILES string of the molecule is CCC(C(N)=S)N1CCN(CCOCC(C)C)CC1. The van der Waals surface area contributed by atoms with Crippen molar-refractivity contribution in [1.82, 2.24) is 9.80 Å². The summed E-state index contributed by atoms with van der Waals surface area (Å²) >= 11 is 5.14. The van der Waals surface area contributed by atoms with Crippen molar-refractivity contribution >= 4 is 17.2 Å². The van der Waals surface area contributed by atoms with E-state index in [9.17, 15) is 0 Å². The molecule has 2 N–H and O–H groups in total. The Morgan fingerprint density at radius 1 is 1.26 bits per heavy atom. The summed E-state index contributed by atoms with van der Waals surface area (Å²) in [6.07, 6.45) is 1.01. The van der Waals surface area contributed by atoms with Crippen LogP contribution in [0.15, 0.2) is 0 Å². The zero-order valence-electron chi connectivity index (χ0n) is 12.6. The molecule has 0 radical (unpaired) electrons. The molecule has 1 fully saturated rings. The van der Waals surface area contributed by atoms with E-state index in [2.05, 4.69) is 30.6 Å².